The molecule has 5 nitrogen and oxygen atoms in total. The van der Waals surface area contributed by atoms with E-state index in [1.54, 1.807) is 0 Å². The number of hydrogen-bond donors (Lipinski definition) is 3. The van der Waals surface area contributed by atoms with Crippen LogP contribution >= 0.6 is 7.60 Å². The molecule has 6 heteroatoms. The zero-order valence-electron chi connectivity index (χ0n) is 12.1. The third-order valence-corrected chi connectivity index (χ3v) is 5.26. The lowest BCUT2D eigenvalue weighted by Gasteiger charge is -2.37. The van der Waals surface area contributed by atoms with Crippen molar-refractivity contribution in [2.75, 3.05) is 0 Å². The number of carboxylic acids is 1. The number of hydrogen-bond acceptors (Lipinski definition) is 2. The van der Waals surface area contributed by atoms with Crippen molar-refractivity contribution in [3.05, 3.63) is 0 Å². The molecule has 0 aliphatic rings. The fraction of sp³-hybridized carbons (Fsp3) is 0.923. The monoisotopic (exact) mass is 294 g/mol. The Kier molecular flexibility index (Phi) is 7.87. The summed E-state index contributed by atoms with van der Waals surface area (Å²) in [6.45, 7) is 5.63. The van der Waals surface area contributed by atoms with E-state index in [0.29, 0.717) is 32.1 Å². The Balaban J connectivity index is 5.56. The van der Waals surface area contributed by atoms with Gasteiger partial charge in [0.05, 0.1) is 11.1 Å². The molecule has 0 radical (unpaired) electrons. The summed E-state index contributed by atoms with van der Waals surface area (Å²) in [5, 5.41) is 9.58. The maximum Gasteiger partial charge on any atom is 0.329 e. The minimum absolute atomic E-state index is 0.271. The highest BCUT2D eigenvalue weighted by atomic mass is 31.2. The number of carboxylic acid groups (broad SMARTS) is 1. The molecule has 114 valence electrons. The first-order valence-electron chi connectivity index (χ1n) is 7.04. The van der Waals surface area contributed by atoms with E-state index in [1.165, 1.54) is 0 Å². The van der Waals surface area contributed by atoms with Crippen LogP contribution in [-0.2, 0) is 9.36 Å². The van der Waals surface area contributed by atoms with Gasteiger partial charge in [0.2, 0.25) is 0 Å². The molecule has 0 fully saturated rings. The minimum Gasteiger partial charge on any atom is -0.481 e. The quantitative estimate of drug-likeness (QED) is 0.537. The first kappa shape index (κ1) is 18.6. The van der Waals surface area contributed by atoms with Gasteiger partial charge in [0.25, 0.3) is 0 Å². The van der Waals surface area contributed by atoms with E-state index in [9.17, 15) is 24.3 Å². The van der Waals surface area contributed by atoms with E-state index in [4.69, 9.17) is 0 Å². The summed E-state index contributed by atoms with van der Waals surface area (Å²) in [6.07, 6.45) is 3.55. The molecule has 0 aliphatic heterocycles. The molecule has 1 atom stereocenters. The fourth-order valence-electron chi connectivity index (χ4n) is 2.87. The highest BCUT2D eigenvalue weighted by Crippen LogP contribution is 2.55. The van der Waals surface area contributed by atoms with Crippen molar-refractivity contribution in [2.24, 2.45) is 5.41 Å². The second kappa shape index (κ2) is 8.03. The van der Waals surface area contributed by atoms with E-state index in [-0.39, 0.29) is 6.42 Å². The van der Waals surface area contributed by atoms with Gasteiger partial charge >= 0.3 is 13.6 Å². The Bertz CT molecular complexity index is 317. The zero-order valence-corrected chi connectivity index (χ0v) is 13.0. The summed E-state index contributed by atoms with van der Waals surface area (Å²) < 4.78 is 11.8. The van der Waals surface area contributed by atoms with Crippen molar-refractivity contribution in [3.63, 3.8) is 0 Å². The molecule has 19 heavy (non-hydrogen) atoms. The molecule has 0 aromatic rings. The highest BCUT2D eigenvalue weighted by Gasteiger charge is 2.51. The largest absolute Gasteiger partial charge is 0.481 e. The normalized spacial score (nSPS) is 14.4. The lowest BCUT2D eigenvalue weighted by Crippen LogP contribution is -2.42. The van der Waals surface area contributed by atoms with E-state index in [2.05, 4.69) is 0 Å². The molecular formula is C13H27O5P. The van der Waals surface area contributed by atoms with Crippen LogP contribution in [-0.4, -0.2) is 26.5 Å². The molecule has 0 spiro atoms. The van der Waals surface area contributed by atoms with Crippen LogP contribution in [0.2, 0.25) is 0 Å². The maximum atomic E-state index is 11.8. The average Bonchev–Trinajstić information content (AvgIpc) is 2.27. The van der Waals surface area contributed by atoms with Crippen LogP contribution < -0.4 is 0 Å². The van der Waals surface area contributed by atoms with Crippen molar-refractivity contribution >= 4 is 13.6 Å². The fourth-order valence-corrected chi connectivity index (χ4v) is 4.40. The number of carbonyl (C=O) groups is 1. The second-order valence-electron chi connectivity index (χ2n) is 5.21. The Morgan fingerprint density at radius 3 is 1.84 bits per heavy atom. The van der Waals surface area contributed by atoms with E-state index in [0.717, 1.165) is 6.42 Å². The molecule has 0 heterocycles. The lowest BCUT2D eigenvalue weighted by atomic mass is 9.74. The summed E-state index contributed by atoms with van der Waals surface area (Å²) >= 11 is 0. The Morgan fingerprint density at radius 1 is 1.11 bits per heavy atom. The summed E-state index contributed by atoms with van der Waals surface area (Å²) in [7, 11) is -4.42. The summed E-state index contributed by atoms with van der Waals surface area (Å²) in [5.74, 6) is -1.07. The molecule has 0 amide bonds. The first-order chi connectivity index (χ1) is 8.76. The predicted octanol–water partition coefficient (Wildman–Crippen LogP) is 3.39. The number of aliphatic carboxylic acids is 1. The van der Waals surface area contributed by atoms with Gasteiger partial charge in [-0.05, 0) is 19.3 Å². The standard InChI is InChI=1S/C13H27O5P/c1-4-7-8-11(19(16,17)18)13(9-5-2,10-6-3)12(14)15/h11H,4-10H2,1-3H3,(H,14,15)(H2,16,17,18). The van der Waals surface area contributed by atoms with Crippen LogP contribution in [0.5, 0.6) is 0 Å². The van der Waals surface area contributed by atoms with E-state index in [1.807, 2.05) is 20.8 Å². The molecule has 0 aliphatic carbocycles. The third-order valence-electron chi connectivity index (χ3n) is 3.69. The van der Waals surface area contributed by atoms with Crippen LogP contribution in [0.4, 0.5) is 0 Å². The molecule has 0 bridgehead atoms. The number of unbranched alkanes of at least 4 members (excludes halogenated alkanes) is 1. The van der Waals surface area contributed by atoms with Crippen molar-refractivity contribution in [3.8, 4) is 0 Å². The predicted molar refractivity (Wildman–Crippen MR) is 75.2 cm³/mol. The highest BCUT2D eigenvalue weighted by molar-refractivity contribution is 7.52. The van der Waals surface area contributed by atoms with Gasteiger partial charge in [-0.15, -0.1) is 0 Å². The summed E-state index contributed by atoms with van der Waals surface area (Å²) in [6, 6.07) is 0. The van der Waals surface area contributed by atoms with Crippen LogP contribution in [0.25, 0.3) is 0 Å². The first-order valence-corrected chi connectivity index (χ1v) is 8.73. The van der Waals surface area contributed by atoms with E-state index >= 15 is 0 Å². The summed E-state index contributed by atoms with van der Waals surface area (Å²) in [4.78, 5) is 30.9. The van der Waals surface area contributed by atoms with Gasteiger partial charge in [-0.1, -0.05) is 46.5 Å². The minimum atomic E-state index is -4.42. The van der Waals surface area contributed by atoms with Crippen molar-refractivity contribution in [1.29, 1.82) is 0 Å². The molecule has 3 N–H and O–H groups in total. The van der Waals surface area contributed by atoms with Gasteiger partial charge in [0.15, 0.2) is 0 Å². The van der Waals surface area contributed by atoms with Crippen molar-refractivity contribution in [2.45, 2.75) is 71.4 Å². The Morgan fingerprint density at radius 2 is 1.58 bits per heavy atom. The Hall–Kier alpha value is -0.380. The third kappa shape index (κ3) is 4.90. The molecule has 0 saturated heterocycles. The van der Waals surface area contributed by atoms with E-state index < -0.39 is 24.6 Å². The van der Waals surface area contributed by atoms with Crippen LogP contribution in [0.3, 0.4) is 0 Å². The summed E-state index contributed by atoms with van der Waals surface area (Å²) in [5.41, 5.74) is -2.37. The Labute approximate surface area is 115 Å². The molecule has 1 unspecified atom stereocenters. The lowest BCUT2D eigenvalue weighted by molar-refractivity contribution is -0.150. The molecular weight excluding hydrogens is 267 g/mol. The topological polar surface area (TPSA) is 94.8 Å². The molecule has 0 rings (SSSR count). The zero-order chi connectivity index (χ0) is 15.1. The molecule has 0 saturated carbocycles. The maximum absolute atomic E-state index is 11.8. The second-order valence-corrected chi connectivity index (χ2v) is 7.01. The average molecular weight is 294 g/mol. The van der Waals surface area contributed by atoms with Crippen LogP contribution in [0, 0.1) is 5.41 Å². The van der Waals surface area contributed by atoms with Crippen molar-refractivity contribution < 1.29 is 24.3 Å². The van der Waals surface area contributed by atoms with Crippen LogP contribution in [0.1, 0.15) is 65.7 Å². The van der Waals surface area contributed by atoms with Gasteiger partial charge in [-0.3, -0.25) is 9.36 Å². The molecule has 0 aromatic heterocycles. The van der Waals surface area contributed by atoms with Gasteiger partial charge in [-0.25, -0.2) is 0 Å². The van der Waals surface area contributed by atoms with Gasteiger partial charge in [-0.2, -0.15) is 0 Å². The van der Waals surface area contributed by atoms with Gasteiger partial charge < -0.3 is 14.9 Å². The van der Waals surface area contributed by atoms with Gasteiger partial charge in [0, 0.05) is 0 Å². The SMILES string of the molecule is CCCCC(C(CCC)(CCC)C(=O)O)P(=O)(O)O. The van der Waals surface area contributed by atoms with Crippen LogP contribution in [0.15, 0.2) is 0 Å². The van der Waals surface area contributed by atoms with Crippen molar-refractivity contribution in [1.82, 2.24) is 0 Å². The van der Waals surface area contributed by atoms with Gasteiger partial charge in [0.1, 0.15) is 0 Å². The molecule has 0 aromatic carbocycles. The smallest absolute Gasteiger partial charge is 0.329 e. The number of rotatable bonds is 10.